The van der Waals surface area contributed by atoms with E-state index in [0.717, 1.165) is 208 Å². The summed E-state index contributed by atoms with van der Waals surface area (Å²) in [5, 5.41) is 41.2. The van der Waals surface area contributed by atoms with Gasteiger partial charge >= 0.3 is 0 Å². The van der Waals surface area contributed by atoms with Crippen molar-refractivity contribution < 1.29 is 27.2 Å². The first-order chi connectivity index (χ1) is 55.6. The second-order valence-corrected chi connectivity index (χ2v) is 36.9. The van der Waals surface area contributed by atoms with Crippen LogP contribution >= 0.6 is 68.0 Å². The van der Waals surface area contributed by atoms with Crippen molar-refractivity contribution in [2.75, 3.05) is 0 Å². The first-order valence-electron chi connectivity index (χ1n) is 39.8. The fraction of sp³-hybridized carbons (Fsp3) is 0.265. The van der Waals surface area contributed by atoms with Crippen molar-refractivity contribution in [3.05, 3.63) is 290 Å². The number of ketones is 2. The molecular formula is C98H78F4N4O2S6. The van der Waals surface area contributed by atoms with E-state index in [9.17, 15) is 39.4 Å². The molecule has 0 spiro atoms. The first kappa shape index (κ1) is 76.4. The number of hydrogen-bond donors (Lipinski definition) is 0. The number of nitriles is 4. The number of unbranched alkanes of at least 4 members (excludes halogenated alkanes) is 12. The SMILES string of the molecule is CCCCCCc1ccc(C2(c3ccc(CCCCCC)cc3)c3cc4c(cc3-c3sc5c(sc6cc(/C=C7\C(=O)c8cc(F)c(F)cc8C7=C(C#N)C#N)sc65)c32)C(c2ccc(CCCCCC)cc2)(c2ccc(CCCCCC)cc2)c2c-4sc3c2sc2cc(/C=C4\C(=O)c5cc(F)c(F)cc5C4=C(C#N)C#N)sc23)cc1. The van der Waals surface area contributed by atoms with Crippen LogP contribution in [-0.2, 0) is 36.5 Å². The number of benzene rings is 7. The maximum Gasteiger partial charge on any atom is 0.194 e. The highest BCUT2D eigenvalue weighted by Gasteiger charge is 2.55. The lowest BCUT2D eigenvalue weighted by Crippen LogP contribution is -2.30. The van der Waals surface area contributed by atoms with Gasteiger partial charge in [-0.25, -0.2) is 17.6 Å². The second-order valence-electron chi connectivity index (χ2n) is 30.6. The molecule has 7 aromatic carbocycles. The van der Waals surface area contributed by atoms with Gasteiger partial charge in [0, 0.05) is 73.5 Å². The van der Waals surface area contributed by atoms with Crippen molar-refractivity contribution in [1.82, 2.24) is 0 Å². The third kappa shape index (κ3) is 12.7. The van der Waals surface area contributed by atoms with Crippen LogP contribution in [0, 0.1) is 68.6 Å². The van der Waals surface area contributed by atoms with Crippen molar-refractivity contribution in [2.45, 2.75) is 167 Å². The molecule has 0 unspecified atom stereocenters. The Hall–Kier alpha value is -10.2. The molecule has 114 heavy (non-hydrogen) atoms. The molecule has 0 saturated heterocycles. The summed E-state index contributed by atoms with van der Waals surface area (Å²) in [5.74, 6) is -5.95. The Morgan fingerprint density at radius 2 is 0.640 bits per heavy atom. The lowest BCUT2D eigenvalue weighted by Gasteiger charge is -2.36. The first-order valence-corrected chi connectivity index (χ1v) is 44.7. The predicted molar refractivity (Wildman–Crippen MR) is 463 cm³/mol. The molecule has 0 atom stereocenters. The molecule has 0 fully saturated rings. The summed E-state index contributed by atoms with van der Waals surface area (Å²) in [6, 6.07) is 58.4. The highest BCUT2D eigenvalue weighted by Crippen LogP contribution is 2.69. The number of carbonyl (C=O) groups excluding carboxylic acids is 2. The van der Waals surface area contributed by atoms with E-state index in [0.29, 0.717) is 9.75 Å². The summed E-state index contributed by atoms with van der Waals surface area (Å²) in [7, 11) is 0. The molecule has 0 N–H and O–H groups in total. The van der Waals surface area contributed by atoms with Gasteiger partial charge in [-0.3, -0.25) is 9.59 Å². The molecule has 0 amide bonds. The maximum atomic E-state index is 15.1. The molecule has 13 aromatic rings. The average molecular weight is 1610 g/mol. The minimum atomic E-state index is -1.20. The van der Waals surface area contributed by atoms with Crippen LogP contribution < -0.4 is 0 Å². The molecule has 6 aromatic heterocycles. The van der Waals surface area contributed by atoms with Crippen molar-refractivity contribution in [2.24, 2.45) is 0 Å². The number of hydrogen-bond acceptors (Lipinski definition) is 12. The van der Waals surface area contributed by atoms with Gasteiger partial charge in [0.2, 0.25) is 0 Å². The van der Waals surface area contributed by atoms with Crippen molar-refractivity contribution >= 4 is 140 Å². The standard InChI is InChI=1S/C98H78F4N4O2S6/c1-5-9-13-17-21-55-25-33-61(34-26-55)97(62-35-27-56(28-36-62)22-18-14-10-6-2)75-45-72-76(46-71(75)89-85(97)93-95(113-89)91-81(111-93)43-65(109-91)41-73-83(59(51-103)52-104)67-47-77(99)79(101)49-69(67)87(73)107)98(63-37-29-57(30-38-63)23-19-15-11-7-3,64-39-31-58(32-40-64)24-20-16-12-8-4)86-90(72)114-96-92-82(112-94(86)96)44-66(110-92)42-74-84(60(53-105)54-106)68-48-78(100)80(102)50-70(68)88(74)108/h25-50H,5-24H2,1-4H3/b73-41-,74-42-. The Kier molecular flexibility index (Phi) is 21.1. The van der Waals surface area contributed by atoms with Gasteiger partial charge in [-0.1, -0.05) is 202 Å². The summed E-state index contributed by atoms with van der Waals surface area (Å²) >= 11 is 10.1. The van der Waals surface area contributed by atoms with E-state index in [-0.39, 0.29) is 55.7 Å². The van der Waals surface area contributed by atoms with E-state index in [2.05, 4.69) is 149 Å². The molecule has 566 valence electrons. The third-order valence-electron chi connectivity index (χ3n) is 23.7. The van der Waals surface area contributed by atoms with Gasteiger partial charge in [-0.05, 0) is 190 Å². The normalized spacial score (nSPS) is 14.8. The molecule has 4 aliphatic carbocycles. The summed E-state index contributed by atoms with van der Waals surface area (Å²) < 4.78 is 68.7. The van der Waals surface area contributed by atoms with Crippen molar-refractivity contribution in [3.8, 4) is 45.2 Å². The zero-order valence-electron chi connectivity index (χ0n) is 63.7. The van der Waals surface area contributed by atoms with E-state index in [4.69, 9.17) is 0 Å². The zero-order chi connectivity index (χ0) is 78.8. The molecule has 0 radical (unpaired) electrons. The van der Waals surface area contributed by atoms with Gasteiger partial charge in [-0.15, -0.1) is 68.0 Å². The summed E-state index contributed by atoms with van der Waals surface area (Å²) in [6.45, 7) is 8.98. The van der Waals surface area contributed by atoms with Gasteiger partial charge in [0.15, 0.2) is 34.8 Å². The van der Waals surface area contributed by atoms with Crippen LogP contribution in [0.25, 0.3) is 81.8 Å². The summed E-state index contributed by atoms with van der Waals surface area (Å²) in [5.41, 5.74) is 14.1. The van der Waals surface area contributed by atoms with Crippen LogP contribution in [0.2, 0.25) is 0 Å². The highest BCUT2D eigenvalue weighted by atomic mass is 32.1. The molecule has 0 aliphatic heterocycles. The van der Waals surface area contributed by atoms with E-state index in [1.807, 2.05) is 24.3 Å². The molecular weight excluding hydrogens is 1530 g/mol. The topological polar surface area (TPSA) is 129 Å². The Bertz CT molecular complexity index is 5900. The Balaban J connectivity index is 0.933. The molecule has 0 bridgehead atoms. The van der Waals surface area contributed by atoms with E-state index < -0.39 is 45.7 Å². The Morgan fingerprint density at radius 3 is 0.930 bits per heavy atom. The van der Waals surface area contributed by atoms with Gasteiger partial charge in [0.25, 0.3) is 0 Å². The quantitative estimate of drug-likeness (QED) is 0.0230. The van der Waals surface area contributed by atoms with Crippen LogP contribution in [-0.4, -0.2) is 11.6 Å². The predicted octanol–water partition coefficient (Wildman–Crippen LogP) is 28.6. The second kappa shape index (κ2) is 31.5. The Morgan fingerprint density at radius 1 is 0.342 bits per heavy atom. The van der Waals surface area contributed by atoms with Crippen LogP contribution in [0.15, 0.2) is 168 Å². The van der Waals surface area contributed by atoms with Crippen LogP contribution in [0.5, 0.6) is 0 Å². The molecule has 16 heteroatoms. The van der Waals surface area contributed by atoms with E-state index in [1.165, 1.54) is 92.9 Å². The lowest BCUT2D eigenvalue weighted by atomic mass is 9.65. The molecule has 4 aliphatic rings. The number of halogens is 4. The number of rotatable bonds is 26. The van der Waals surface area contributed by atoms with Crippen LogP contribution in [0.3, 0.4) is 0 Å². The minimum absolute atomic E-state index is 0.0102. The number of thiophene rings is 6. The largest absolute Gasteiger partial charge is 0.289 e. The summed E-state index contributed by atoms with van der Waals surface area (Å²) in [4.78, 5) is 32.6. The zero-order valence-corrected chi connectivity index (χ0v) is 68.6. The number of fused-ring (bicyclic) bond motifs is 16. The number of Topliss-reactive ketones (excluding diaryl/α,β-unsaturated/α-hetero) is 2. The number of nitrogens with zero attached hydrogens (tertiary/aromatic N) is 4. The van der Waals surface area contributed by atoms with E-state index in [1.54, 1.807) is 57.5 Å². The number of allylic oxidation sites excluding steroid dienone is 6. The van der Waals surface area contributed by atoms with Gasteiger partial charge in [-0.2, -0.15) is 21.0 Å². The van der Waals surface area contributed by atoms with Crippen molar-refractivity contribution in [3.63, 3.8) is 0 Å². The fourth-order valence-electron chi connectivity index (χ4n) is 18.2. The molecule has 17 rings (SSSR count). The smallest absolute Gasteiger partial charge is 0.194 e. The van der Waals surface area contributed by atoms with E-state index >= 15 is 8.78 Å². The van der Waals surface area contributed by atoms with Gasteiger partial charge < -0.3 is 0 Å². The molecule has 0 saturated carbocycles. The molecule has 6 nitrogen and oxygen atoms in total. The molecule has 6 heterocycles. The number of aryl methyl sites for hydroxylation is 4. The van der Waals surface area contributed by atoms with Gasteiger partial charge in [0.1, 0.15) is 35.4 Å². The van der Waals surface area contributed by atoms with Crippen LogP contribution in [0.1, 0.15) is 239 Å². The average Bonchev–Trinajstić information content (AvgIpc) is 1.49. The Labute approximate surface area is 685 Å². The third-order valence-corrected chi connectivity index (χ3v) is 31.5. The lowest BCUT2D eigenvalue weighted by molar-refractivity contribution is 0.103. The maximum absolute atomic E-state index is 15.1. The summed E-state index contributed by atoms with van der Waals surface area (Å²) in [6.07, 6.45) is 25.5. The highest BCUT2D eigenvalue weighted by molar-refractivity contribution is 7.40. The number of carbonyl (C=O) groups is 2. The minimum Gasteiger partial charge on any atom is -0.289 e. The van der Waals surface area contributed by atoms with Crippen molar-refractivity contribution in [1.29, 1.82) is 21.0 Å². The van der Waals surface area contributed by atoms with Crippen LogP contribution in [0.4, 0.5) is 17.6 Å². The fourth-order valence-corrected chi connectivity index (χ4v) is 26.9. The van der Waals surface area contributed by atoms with Gasteiger partial charge in [0.05, 0.1) is 39.0 Å². The monoisotopic (exact) mass is 1610 g/mol.